The maximum atomic E-state index is 12.5. The van der Waals surface area contributed by atoms with E-state index in [1.807, 2.05) is 36.4 Å². The van der Waals surface area contributed by atoms with Gasteiger partial charge in [-0.3, -0.25) is 4.79 Å². The fraction of sp³-hybridized carbons (Fsp3) is 0.375. The maximum Gasteiger partial charge on any atom is 0.407 e. The van der Waals surface area contributed by atoms with Crippen LogP contribution in [0.4, 0.5) is 4.79 Å². The van der Waals surface area contributed by atoms with Crippen LogP contribution in [0.15, 0.2) is 48.5 Å². The number of carboxylic acids is 1. The first-order valence-electron chi connectivity index (χ1n) is 10.8. The molecule has 32 heavy (non-hydrogen) atoms. The van der Waals surface area contributed by atoms with Crippen LogP contribution < -0.4 is 10.6 Å². The molecule has 168 valence electrons. The predicted octanol–water partition coefficient (Wildman–Crippen LogP) is 2.26. The van der Waals surface area contributed by atoms with E-state index in [-0.39, 0.29) is 31.4 Å². The minimum Gasteiger partial charge on any atom is -0.479 e. The molecule has 0 bridgehead atoms. The molecule has 1 unspecified atom stereocenters. The van der Waals surface area contributed by atoms with E-state index in [1.54, 1.807) is 0 Å². The van der Waals surface area contributed by atoms with E-state index in [4.69, 9.17) is 9.84 Å². The predicted molar refractivity (Wildman–Crippen MR) is 116 cm³/mol. The van der Waals surface area contributed by atoms with Gasteiger partial charge in [0, 0.05) is 18.9 Å². The topological polar surface area (TPSA) is 125 Å². The van der Waals surface area contributed by atoms with Crippen molar-refractivity contribution in [1.82, 2.24) is 10.6 Å². The lowest BCUT2D eigenvalue weighted by atomic mass is 9.98. The number of alkyl carbamates (subject to hydrolysis) is 1. The van der Waals surface area contributed by atoms with Crippen LogP contribution in [-0.4, -0.2) is 53.5 Å². The van der Waals surface area contributed by atoms with Gasteiger partial charge in [-0.25, -0.2) is 9.59 Å². The first kappa shape index (κ1) is 21.8. The summed E-state index contributed by atoms with van der Waals surface area (Å²) in [7, 11) is 0. The number of carbonyl (C=O) groups is 3. The van der Waals surface area contributed by atoms with Crippen LogP contribution in [0.1, 0.15) is 36.3 Å². The van der Waals surface area contributed by atoms with E-state index in [1.165, 1.54) is 0 Å². The minimum atomic E-state index is -1.54. The molecule has 2 atom stereocenters. The second-order valence-electron chi connectivity index (χ2n) is 8.22. The second-order valence-corrected chi connectivity index (χ2v) is 8.22. The highest BCUT2D eigenvalue weighted by molar-refractivity contribution is 5.86. The number of carboxylic acid groups (broad SMARTS) is 1. The van der Waals surface area contributed by atoms with Crippen LogP contribution in [0.25, 0.3) is 11.1 Å². The van der Waals surface area contributed by atoms with Gasteiger partial charge < -0.3 is 25.6 Å². The zero-order chi connectivity index (χ0) is 22.7. The molecule has 0 spiro atoms. The maximum absolute atomic E-state index is 12.5. The SMILES string of the molecule is O=C(NC(C(=O)NCC[C@H](O)C(=O)O)C1CC1)OCC1c2ccccc2-c2ccccc21. The molecule has 0 aromatic heterocycles. The Kier molecular flexibility index (Phi) is 6.41. The van der Waals surface area contributed by atoms with Crippen molar-refractivity contribution in [2.45, 2.75) is 37.3 Å². The third kappa shape index (κ3) is 4.75. The van der Waals surface area contributed by atoms with Crippen LogP contribution in [-0.2, 0) is 14.3 Å². The van der Waals surface area contributed by atoms with Crippen molar-refractivity contribution in [3.8, 4) is 11.1 Å². The van der Waals surface area contributed by atoms with Gasteiger partial charge in [-0.2, -0.15) is 0 Å². The number of carbonyl (C=O) groups excluding carboxylic acids is 2. The molecule has 2 aliphatic carbocycles. The lowest BCUT2D eigenvalue weighted by molar-refractivity contribution is -0.147. The zero-order valence-electron chi connectivity index (χ0n) is 17.5. The molecule has 0 aliphatic heterocycles. The molecular weight excluding hydrogens is 412 g/mol. The van der Waals surface area contributed by atoms with Crippen molar-refractivity contribution in [3.63, 3.8) is 0 Å². The van der Waals surface area contributed by atoms with Crippen LogP contribution >= 0.6 is 0 Å². The van der Waals surface area contributed by atoms with Crippen LogP contribution in [0, 0.1) is 5.92 Å². The van der Waals surface area contributed by atoms with Crippen LogP contribution in [0.2, 0.25) is 0 Å². The molecule has 8 nitrogen and oxygen atoms in total. The molecule has 2 aliphatic rings. The Labute approximate surface area is 185 Å². The Morgan fingerprint density at radius 2 is 1.59 bits per heavy atom. The Morgan fingerprint density at radius 3 is 2.16 bits per heavy atom. The number of hydrogen-bond acceptors (Lipinski definition) is 5. The summed E-state index contributed by atoms with van der Waals surface area (Å²) in [6, 6.07) is 15.3. The summed E-state index contributed by atoms with van der Waals surface area (Å²) in [4.78, 5) is 35.7. The van der Waals surface area contributed by atoms with Gasteiger partial charge >= 0.3 is 12.1 Å². The molecule has 4 rings (SSSR count). The number of aliphatic hydroxyl groups is 1. The summed E-state index contributed by atoms with van der Waals surface area (Å²) in [6.45, 7) is 0.158. The Hall–Kier alpha value is -3.39. The Bertz CT molecular complexity index is 974. The van der Waals surface area contributed by atoms with E-state index >= 15 is 0 Å². The first-order valence-corrected chi connectivity index (χ1v) is 10.8. The smallest absolute Gasteiger partial charge is 0.407 e. The number of rotatable bonds is 9. The number of nitrogens with one attached hydrogen (secondary N) is 2. The number of aliphatic carboxylic acids is 1. The third-order valence-electron chi connectivity index (χ3n) is 5.99. The number of aliphatic hydroxyl groups excluding tert-OH is 1. The molecule has 0 heterocycles. The van der Waals surface area contributed by atoms with Crippen LogP contribution in [0.3, 0.4) is 0 Å². The summed E-state index contributed by atoms with van der Waals surface area (Å²) in [5, 5.41) is 23.3. The summed E-state index contributed by atoms with van der Waals surface area (Å²) in [5.41, 5.74) is 4.48. The highest BCUT2D eigenvalue weighted by atomic mass is 16.5. The highest BCUT2D eigenvalue weighted by Crippen LogP contribution is 2.44. The molecule has 2 aromatic carbocycles. The summed E-state index contributed by atoms with van der Waals surface area (Å²) in [5.74, 6) is -1.79. The summed E-state index contributed by atoms with van der Waals surface area (Å²) >= 11 is 0. The lowest BCUT2D eigenvalue weighted by Gasteiger charge is -2.19. The molecule has 2 amide bonds. The van der Waals surface area contributed by atoms with Gasteiger partial charge in [-0.15, -0.1) is 0 Å². The molecule has 8 heteroatoms. The Balaban J connectivity index is 1.34. The van der Waals surface area contributed by atoms with E-state index in [0.717, 1.165) is 35.1 Å². The Morgan fingerprint density at radius 1 is 1.00 bits per heavy atom. The largest absolute Gasteiger partial charge is 0.479 e. The van der Waals surface area contributed by atoms with Gasteiger partial charge in [0.05, 0.1) is 0 Å². The van der Waals surface area contributed by atoms with Crippen molar-refractivity contribution < 1.29 is 29.3 Å². The monoisotopic (exact) mass is 438 g/mol. The average molecular weight is 438 g/mol. The van der Waals surface area contributed by atoms with Crippen molar-refractivity contribution in [2.75, 3.05) is 13.2 Å². The van der Waals surface area contributed by atoms with E-state index in [9.17, 15) is 19.5 Å². The van der Waals surface area contributed by atoms with Crippen molar-refractivity contribution in [3.05, 3.63) is 59.7 Å². The van der Waals surface area contributed by atoms with Crippen LogP contribution in [0.5, 0.6) is 0 Å². The molecular formula is C24H26N2O6. The molecule has 0 saturated heterocycles. The number of amides is 2. The number of ether oxygens (including phenoxy) is 1. The van der Waals surface area contributed by atoms with Gasteiger partial charge in [0.15, 0.2) is 6.10 Å². The van der Waals surface area contributed by atoms with E-state index in [0.29, 0.717) is 0 Å². The third-order valence-corrected chi connectivity index (χ3v) is 5.99. The zero-order valence-corrected chi connectivity index (χ0v) is 17.5. The quantitative estimate of drug-likeness (QED) is 0.476. The normalized spacial score (nSPS) is 16.4. The van der Waals surface area contributed by atoms with Crippen molar-refractivity contribution in [2.24, 2.45) is 5.92 Å². The van der Waals surface area contributed by atoms with Gasteiger partial charge in [0.25, 0.3) is 0 Å². The number of hydrogen-bond donors (Lipinski definition) is 4. The minimum absolute atomic E-state index is 0.00187. The van der Waals surface area contributed by atoms with E-state index in [2.05, 4.69) is 22.8 Å². The highest BCUT2D eigenvalue weighted by Gasteiger charge is 2.38. The van der Waals surface area contributed by atoms with Crippen molar-refractivity contribution in [1.29, 1.82) is 0 Å². The average Bonchev–Trinajstić information content (AvgIpc) is 3.58. The fourth-order valence-electron chi connectivity index (χ4n) is 4.16. The fourth-order valence-corrected chi connectivity index (χ4v) is 4.16. The van der Waals surface area contributed by atoms with Gasteiger partial charge in [-0.1, -0.05) is 48.5 Å². The van der Waals surface area contributed by atoms with E-state index < -0.39 is 30.1 Å². The van der Waals surface area contributed by atoms with Gasteiger partial charge in [-0.05, 0) is 41.0 Å². The molecule has 1 saturated carbocycles. The first-order chi connectivity index (χ1) is 15.5. The summed E-state index contributed by atoms with van der Waals surface area (Å²) < 4.78 is 5.52. The standard InChI is InChI=1S/C24H26N2O6/c27-20(23(29)30)11-12-25-22(28)21(14-9-10-14)26-24(31)32-13-19-17-7-3-1-5-15(17)16-6-2-4-8-18(16)19/h1-8,14,19-21,27H,9-13H2,(H,25,28)(H,26,31)(H,29,30)/t20-,21?/m0/s1. The van der Waals surface area contributed by atoms with Crippen molar-refractivity contribution >= 4 is 18.0 Å². The van der Waals surface area contributed by atoms with Gasteiger partial charge in [0.1, 0.15) is 12.6 Å². The lowest BCUT2D eigenvalue weighted by Crippen LogP contribution is -2.49. The number of fused-ring (bicyclic) bond motifs is 3. The second kappa shape index (κ2) is 9.40. The molecule has 4 N–H and O–H groups in total. The molecule has 0 radical (unpaired) electrons. The molecule has 1 fully saturated rings. The number of benzene rings is 2. The van der Waals surface area contributed by atoms with Gasteiger partial charge in [0.2, 0.25) is 5.91 Å². The summed E-state index contributed by atoms with van der Waals surface area (Å²) in [6.07, 6.45) is -0.670. The molecule has 2 aromatic rings.